The molecule has 0 radical (unpaired) electrons. The first-order valence-corrected chi connectivity index (χ1v) is 5.55. The summed E-state index contributed by atoms with van der Waals surface area (Å²) in [6.45, 7) is 4.12. The number of ether oxygens (including phenoxy) is 1. The molecule has 3 nitrogen and oxygen atoms in total. The van der Waals surface area contributed by atoms with Gasteiger partial charge < -0.3 is 10.1 Å². The van der Waals surface area contributed by atoms with E-state index in [9.17, 15) is 0 Å². The van der Waals surface area contributed by atoms with E-state index in [1.54, 1.807) is 0 Å². The summed E-state index contributed by atoms with van der Waals surface area (Å²) >= 11 is 3.32. The van der Waals surface area contributed by atoms with Crippen LogP contribution in [0.15, 0.2) is 22.8 Å². The zero-order valence-electron chi connectivity index (χ0n) is 8.03. The van der Waals surface area contributed by atoms with Gasteiger partial charge in [0.1, 0.15) is 10.7 Å². The molecule has 1 fully saturated rings. The monoisotopic (exact) mass is 256 g/mol. The van der Waals surface area contributed by atoms with Gasteiger partial charge in [-0.1, -0.05) is 13.0 Å². The maximum absolute atomic E-state index is 5.76. The third kappa shape index (κ3) is 2.25. The van der Waals surface area contributed by atoms with Crippen molar-refractivity contribution in [1.82, 2.24) is 10.3 Å². The van der Waals surface area contributed by atoms with Crippen molar-refractivity contribution in [2.45, 2.75) is 13.0 Å². The van der Waals surface area contributed by atoms with E-state index in [0.717, 1.165) is 17.7 Å². The van der Waals surface area contributed by atoms with Crippen LogP contribution in [0.5, 0.6) is 5.88 Å². The Morgan fingerprint density at radius 1 is 1.50 bits per heavy atom. The van der Waals surface area contributed by atoms with Crippen molar-refractivity contribution in [3.63, 3.8) is 0 Å². The topological polar surface area (TPSA) is 34.1 Å². The third-order valence-electron chi connectivity index (χ3n) is 2.41. The quantitative estimate of drug-likeness (QED) is 0.821. The summed E-state index contributed by atoms with van der Waals surface area (Å²) in [6.07, 6.45) is 0.247. The van der Waals surface area contributed by atoms with E-state index in [1.807, 2.05) is 18.2 Å². The highest BCUT2D eigenvalue weighted by atomic mass is 79.9. The van der Waals surface area contributed by atoms with Gasteiger partial charge in [0.05, 0.1) is 0 Å². The van der Waals surface area contributed by atoms with Gasteiger partial charge in [-0.25, -0.2) is 4.98 Å². The third-order valence-corrected chi connectivity index (χ3v) is 2.85. The highest BCUT2D eigenvalue weighted by molar-refractivity contribution is 9.10. The summed E-state index contributed by atoms with van der Waals surface area (Å²) in [5.41, 5.74) is 0. The molecule has 1 saturated heterocycles. The van der Waals surface area contributed by atoms with Gasteiger partial charge in [0, 0.05) is 25.1 Å². The molecule has 0 unspecified atom stereocenters. The molecule has 4 heteroatoms. The Hall–Kier alpha value is -0.610. The Balaban J connectivity index is 2.03. The lowest BCUT2D eigenvalue weighted by Crippen LogP contribution is -2.24. The van der Waals surface area contributed by atoms with Gasteiger partial charge in [0.15, 0.2) is 0 Å². The van der Waals surface area contributed by atoms with Crippen molar-refractivity contribution in [2.24, 2.45) is 5.92 Å². The van der Waals surface area contributed by atoms with Gasteiger partial charge >= 0.3 is 0 Å². The minimum atomic E-state index is 0.247. The van der Waals surface area contributed by atoms with E-state index in [-0.39, 0.29) is 6.10 Å². The second-order valence-electron chi connectivity index (χ2n) is 3.59. The Morgan fingerprint density at radius 3 is 3.00 bits per heavy atom. The average molecular weight is 257 g/mol. The van der Waals surface area contributed by atoms with E-state index < -0.39 is 0 Å². The SMILES string of the molecule is C[C@@H]1CNC[C@H]1Oc1cccc(Br)n1. The number of nitrogens with one attached hydrogen (secondary N) is 1. The summed E-state index contributed by atoms with van der Waals surface area (Å²) < 4.78 is 6.58. The summed E-state index contributed by atoms with van der Waals surface area (Å²) in [4.78, 5) is 4.24. The van der Waals surface area contributed by atoms with Gasteiger partial charge in [-0.15, -0.1) is 0 Å². The lowest BCUT2D eigenvalue weighted by molar-refractivity contribution is 0.175. The molecule has 2 heterocycles. The lowest BCUT2D eigenvalue weighted by atomic mass is 10.1. The van der Waals surface area contributed by atoms with Crippen molar-refractivity contribution in [1.29, 1.82) is 0 Å². The van der Waals surface area contributed by atoms with Crippen LogP contribution in [-0.2, 0) is 0 Å². The van der Waals surface area contributed by atoms with E-state index in [2.05, 4.69) is 33.2 Å². The van der Waals surface area contributed by atoms with Crippen LogP contribution >= 0.6 is 15.9 Å². The van der Waals surface area contributed by atoms with Crippen molar-refractivity contribution in [3.8, 4) is 5.88 Å². The molecule has 0 amide bonds. The number of aromatic nitrogens is 1. The van der Waals surface area contributed by atoms with Crippen LogP contribution < -0.4 is 10.1 Å². The van der Waals surface area contributed by atoms with Gasteiger partial charge in [-0.3, -0.25) is 0 Å². The zero-order chi connectivity index (χ0) is 9.97. The van der Waals surface area contributed by atoms with Crippen LogP contribution in [0.25, 0.3) is 0 Å². The van der Waals surface area contributed by atoms with Gasteiger partial charge in [-0.2, -0.15) is 0 Å². The van der Waals surface area contributed by atoms with E-state index in [4.69, 9.17) is 4.74 Å². The first-order chi connectivity index (χ1) is 6.75. The predicted molar refractivity (Wildman–Crippen MR) is 58.4 cm³/mol. The van der Waals surface area contributed by atoms with E-state index in [1.165, 1.54) is 0 Å². The Bertz CT molecular complexity index is 319. The Labute approximate surface area is 92.0 Å². The first kappa shape index (κ1) is 9.93. The molecule has 2 atom stereocenters. The van der Waals surface area contributed by atoms with Crippen LogP contribution in [0.2, 0.25) is 0 Å². The number of pyridine rings is 1. The summed E-state index contributed by atoms with van der Waals surface area (Å²) in [7, 11) is 0. The van der Waals surface area contributed by atoms with Gasteiger partial charge in [0.2, 0.25) is 5.88 Å². The normalized spacial score (nSPS) is 26.4. The number of rotatable bonds is 2. The Kier molecular flexibility index (Phi) is 3.03. The molecule has 0 spiro atoms. The standard InChI is InChI=1S/C10H13BrN2O/c1-7-5-12-6-8(7)14-10-4-2-3-9(11)13-10/h2-4,7-8,12H,5-6H2,1H3/t7-,8-/m1/s1. The van der Waals surface area contributed by atoms with Crippen LogP contribution in [0, 0.1) is 5.92 Å². The highest BCUT2D eigenvalue weighted by Crippen LogP contribution is 2.18. The fraction of sp³-hybridized carbons (Fsp3) is 0.500. The molecule has 1 aromatic heterocycles. The minimum absolute atomic E-state index is 0.247. The van der Waals surface area contributed by atoms with Crippen molar-refractivity contribution in [3.05, 3.63) is 22.8 Å². The molecule has 2 rings (SSSR count). The maximum Gasteiger partial charge on any atom is 0.214 e. The molecule has 1 aliphatic rings. The molecule has 76 valence electrons. The number of hydrogen-bond acceptors (Lipinski definition) is 3. The summed E-state index contributed by atoms with van der Waals surface area (Å²) in [5, 5.41) is 3.29. The molecular formula is C10H13BrN2O. The van der Waals surface area contributed by atoms with E-state index in [0.29, 0.717) is 11.8 Å². The molecule has 0 bridgehead atoms. The second-order valence-corrected chi connectivity index (χ2v) is 4.40. The molecule has 0 aliphatic carbocycles. The number of nitrogens with zero attached hydrogens (tertiary/aromatic N) is 1. The van der Waals surface area contributed by atoms with Crippen molar-refractivity contribution in [2.75, 3.05) is 13.1 Å². The number of hydrogen-bond donors (Lipinski definition) is 1. The minimum Gasteiger partial charge on any atom is -0.473 e. The first-order valence-electron chi connectivity index (χ1n) is 4.75. The average Bonchev–Trinajstić information content (AvgIpc) is 2.52. The lowest BCUT2D eigenvalue weighted by Gasteiger charge is -2.15. The van der Waals surface area contributed by atoms with Crippen LogP contribution in [0.4, 0.5) is 0 Å². The van der Waals surface area contributed by atoms with Gasteiger partial charge in [-0.05, 0) is 22.0 Å². The molecular weight excluding hydrogens is 244 g/mol. The maximum atomic E-state index is 5.76. The second kappa shape index (κ2) is 4.28. The van der Waals surface area contributed by atoms with Crippen LogP contribution in [0.1, 0.15) is 6.92 Å². The van der Waals surface area contributed by atoms with E-state index >= 15 is 0 Å². The molecule has 1 N–H and O–H groups in total. The summed E-state index contributed by atoms with van der Waals surface area (Å²) in [6, 6.07) is 5.71. The number of halogens is 1. The molecule has 0 aromatic carbocycles. The molecule has 1 aliphatic heterocycles. The zero-order valence-corrected chi connectivity index (χ0v) is 9.62. The van der Waals surface area contributed by atoms with Crippen molar-refractivity contribution >= 4 is 15.9 Å². The highest BCUT2D eigenvalue weighted by Gasteiger charge is 2.24. The van der Waals surface area contributed by atoms with Gasteiger partial charge in [0.25, 0.3) is 0 Å². The van der Waals surface area contributed by atoms with Crippen LogP contribution in [-0.4, -0.2) is 24.2 Å². The van der Waals surface area contributed by atoms with Crippen molar-refractivity contribution < 1.29 is 4.74 Å². The molecule has 14 heavy (non-hydrogen) atoms. The predicted octanol–water partition coefficient (Wildman–Crippen LogP) is 1.83. The summed E-state index contributed by atoms with van der Waals surface area (Å²) in [5.74, 6) is 1.25. The largest absolute Gasteiger partial charge is 0.473 e. The van der Waals surface area contributed by atoms with Crippen LogP contribution in [0.3, 0.4) is 0 Å². The molecule has 0 saturated carbocycles. The Morgan fingerprint density at radius 2 is 2.36 bits per heavy atom. The smallest absolute Gasteiger partial charge is 0.214 e. The fourth-order valence-corrected chi connectivity index (χ4v) is 1.88. The fourth-order valence-electron chi connectivity index (χ4n) is 1.55. The molecule has 1 aromatic rings.